The molecule has 0 bridgehead atoms. The first kappa shape index (κ1) is 19.3. The Morgan fingerprint density at radius 1 is 1.27 bits per heavy atom. The average Bonchev–Trinajstić information content (AvgIpc) is 2.97. The highest BCUT2D eigenvalue weighted by atomic mass is 35.5. The average molecular weight is 398 g/mol. The lowest BCUT2D eigenvalue weighted by Gasteiger charge is -2.26. The summed E-state index contributed by atoms with van der Waals surface area (Å²) in [6.07, 6.45) is 1.95. The minimum absolute atomic E-state index is 0. The first-order valence-electron chi connectivity index (χ1n) is 8.85. The van der Waals surface area contributed by atoms with E-state index in [4.69, 9.17) is 0 Å². The Morgan fingerprint density at radius 2 is 1.96 bits per heavy atom. The van der Waals surface area contributed by atoms with Crippen LogP contribution in [0.2, 0.25) is 0 Å². The topological polar surface area (TPSA) is 82.5 Å². The van der Waals surface area contributed by atoms with Crippen molar-refractivity contribution in [3.8, 4) is 0 Å². The molecule has 2 aromatic heterocycles. The summed E-state index contributed by atoms with van der Waals surface area (Å²) in [4.78, 5) is 30.0. The first-order chi connectivity index (χ1) is 12.1. The molecule has 2 fully saturated rings. The van der Waals surface area contributed by atoms with Crippen molar-refractivity contribution >= 4 is 35.7 Å². The van der Waals surface area contributed by atoms with Crippen molar-refractivity contribution in [2.45, 2.75) is 25.7 Å². The second-order valence-electron chi connectivity index (χ2n) is 6.71. The molecule has 0 unspecified atom stereocenters. The van der Waals surface area contributed by atoms with E-state index in [0.717, 1.165) is 56.2 Å². The van der Waals surface area contributed by atoms with Crippen LogP contribution in [-0.4, -0.2) is 63.1 Å². The largest absolute Gasteiger partial charge is 0.337 e. The van der Waals surface area contributed by atoms with E-state index in [1.807, 2.05) is 23.6 Å². The molecule has 1 amide bonds. The first-order valence-corrected chi connectivity index (χ1v) is 10.0. The van der Waals surface area contributed by atoms with Crippen molar-refractivity contribution in [1.82, 2.24) is 24.8 Å². The third-order valence-electron chi connectivity index (χ3n) is 5.10. The van der Waals surface area contributed by atoms with Crippen LogP contribution in [0.5, 0.6) is 0 Å². The van der Waals surface area contributed by atoms with Crippen molar-refractivity contribution in [2.75, 3.05) is 37.7 Å². The van der Waals surface area contributed by atoms with Gasteiger partial charge in [-0.1, -0.05) is 0 Å². The zero-order valence-corrected chi connectivity index (χ0v) is 16.4. The van der Waals surface area contributed by atoms with Gasteiger partial charge in [0, 0.05) is 36.6 Å². The summed E-state index contributed by atoms with van der Waals surface area (Å²) >= 11 is 1.87. The monoisotopic (exact) mass is 397 g/mol. The number of aromatic amines is 1. The number of rotatable bonds is 2. The highest BCUT2D eigenvalue weighted by Gasteiger charge is 2.27. The van der Waals surface area contributed by atoms with Crippen LogP contribution >= 0.6 is 24.2 Å². The third kappa shape index (κ3) is 3.50. The summed E-state index contributed by atoms with van der Waals surface area (Å²) in [5.74, 6) is 2.19. The van der Waals surface area contributed by atoms with Crippen molar-refractivity contribution in [3.63, 3.8) is 0 Å². The van der Waals surface area contributed by atoms with E-state index >= 15 is 0 Å². The normalized spacial score (nSPS) is 18.7. The lowest BCUT2D eigenvalue weighted by molar-refractivity contribution is 0.0773. The summed E-state index contributed by atoms with van der Waals surface area (Å²) in [5.41, 5.74) is 2.52. The van der Waals surface area contributed by atoms with E-state index in [9.17, 15) is 9.59 Å². The summed E-state index contributed by atoms with van der Waals surface area (Å²) in [5, 5.41) is 7.97. The van der Waals surface area contributed by atoms with Gasteiger partial charge in [-0.15, -0.1) is 12.4 Å². The van der Waals surface area contributed by atoms with Gasteiger partial charge in [-0.25, -0.2) is 4.52 Å². The SMILES string of the molecule is Cc1nn2c(C3CCNCC3)cc(=O)[nH]c2c1C(=O)N1CCSCC1.Cl. The maximum Gasteiger partial charge on any atom is 0.259 e. The Kier molecular flexibility index (Phi) is 5.94. The van der Waals surface area contributed by atoms with Crippen LogP contribution in [0.15, 0.2) is 10.9 Å². The van der Waals surface area contributed by atoms with Crippen LogP contribution in [0.1, 0.15) is 40.5 Å². The van der Waals surface area contributed by atoms with Crippen LogP contribution in [0.25, 0.3) is 5.65 Å². The van der Waals surface area contributed by atoms with Gasteiger partial charge < -0.3 is 15.2 Å². The molecule has 0 aromatic carbocycles. The fourth-order valence-corrected chi connectivity index (χ4v) is 4.67. The molecule has 0 atom stereocenters. The standard InChI is InChI=1S/C17H23N5O2S.ClH/c1-11-15(17(24)21-6-8-25-9-7-21)16-19-14(23)10-13(22(16)20-11)12-2-4-18-5-3-12;/h10,12,18H,2-9H2,1H3,(H,19,23);1H. The number of aryl methyl sites for hydroxylation is 1. The van der Waals surface area contributed by atoms with Gasteiger partial charge in [0.25, 0.3) is 11.5 Å². The van der Waals surface area contributed by atoms with Gasteiger partial charge in [0.2, 0.25) is 0 Å². The van der Waals surface area contributed by atoms with Crippen LogP contribution in [0.4, 0.5) is 0 Å². The second-order valence-corrected chi connectivity index (χ2v) is 7.93. The minimum atomic E-state index is -0.163. The molecule has 2 N–H and O–H groups in total. The molecular formula is C17H24ClN5O2S. The quantitative estimate of drug-likeness (QED) is 0.800. The number of carbonyl (C=O) groups excluding carboxylic acids is 1. The molecule has 4 rings (SSSR count). The Balaban J connectivity index is 0.00000196. The Bertz CT molecular complexity index is 853. The van der Waals surface area contributed by atoms with Crippen LogP contribution in [0, 0.1) is 6.92 Å². The molecule has 26 heavy (non-hydrogen) atoms. The predicted molar refractivity (Wildman–Crippen MR) is 106 cm³/mol. The van der Waals surface area contributed by atoms with E-state index in [1.54, 1.807) is 10.6 Å². The van der Waals surface area contributed by atoms with Crippen LogP contribution < -0.4 is 10.9 Å². The molecule has 2 saturated heterocycles. The highest BCUT2D eigenvalue weighted by Crippen LogP contribution is 2.26. The number of halogens is 1. The number of carbonyl (C=O) groups is 1. The molecule has 142 valence electrons. The number of nitrogens with zero attached hydrogens (tertiary/aromatic N) is 3. The van der Waals surface area contributed by atoms with Gasteiger partial charge in [0.15, 0.2) is 0 Å². The highest BCUT2D eigenvalue weighted by molar-refractivity contribution is 7.99. The van der Waals surface area contributed by atoms with Gasteiger partial charge in [0.05, 0.1) is 11.4 Å². The lowest BCUT2D eigenvalue weighted by atomic mass is 9.94. The zero-order valence-electron chi connectivity index (χ0n) is 14.8. The van der Waals surface area contributed by atoms with E-state index in [-0.39, 0.29) is 23.9 Å². The Labute approximate surface area is 162 Å². The predicted octanol–water partition coefficient (Wildman–Crippen LogP) is 1.41. The lowest BCUT2D eigenvalue weighted by Crippen LogP contribution is -2.38. The van der Waals surface area contributed by atoms with Crippen molar-refractivity contribution < 1.29 is 4.79 Å². The van der Waals surface area contributed by atoms with Gasteiger partial charge in [-0.2, -0.15) is 16.9 Å². The summed E-state index contributed by atoms with van der Waals surface area (Å²) in [6.45, 7) is 5.23. The molecule has 2 aliphatic rings. The maximum absolute atomic E-state index is 13.0. The van der Waals surface area contributed by atoms with Crippen molar-refractivity contribution in [1.29, 1.82) is 0 Å². The number of fused-ring (bicyclic) bond motifs is 1. The van der Waals surface area contributed by atoms with Gasteiger partial charge in [-0.3, -0.25) is 9.59 Å². The number of amides is 1. The van der Waals surface area contributed by atoms with Gasteiger partial charge in [0.1, 0.15) is 11.2 Å². The number of aromatic nitrogens is 3. The van der Waals surface area contributed by atoms with E-state index in [2.05, 4.69) is 15.4 Å². The molecule has 2 aliphatic heterocycles. The van der Waals surface area contributed by atoms with Crippen LogP contribution in [0.3, 0.4) is 0 Å². The van der Waals surface area contributed by atoms with E-state index in [1.165, 1.54) is 0 Å². The minimum Gasteiger partial charge on any atom is -0.337 e. The van der Waals surface area contributed by atoms with Gasteiger partial charge in [-0.05, 0) is 32.9 Å². The van der Waals surface area contributed by atoms with E-state index < -0.39 is 0 Å². The summed E-state index contributed by atoms with van der Waals surface area (Å²) in [6, 6.07) is 1.64. The van der Waals surface area contributed by atoms with Crippen molar-refractivity contribution in [3.05, 3.63) is 33.4 Å². The number of thioether (sulfide) groups is 1. The molecule has 7 nitrogen and oxygen atoms in total. The van der Waals surface area contributed by atoms with Crippen LogP contribution in [-0.2, 0) is 0 Å². The number of hydrogen-bond donors (Lipinski definition) is 2. The number of piperidine rings is 1. The Morgan fingerprint density at radius 3 is 2.65 bits per heavy atom. The Hall–Kier alpha value is -1.51. The molecular weight excluding hydrogens is 374 g/mol. The molecule has 0 radical (unpaired) electrons. The fourth-order valence-electron chi connectivity index (χ4n) is 3.77. The smallest absolute Gasteiger partial charge is 0.259 e. The molecule has 0 spiro atoms. The summed E-state index contributed by atoms with van der Waals surface area (Å²) < 4.78 is 1.79. The van der Waals surface area contributed by atoms with Gasteiger partial charge >= 0.3 is 0 Å². The number of nitrogens with one attached hydrogen (secondary N) is 2. The van der Waals surface area contributed by atoms with E-state index in [0.29, 0.717) is 22.8 Å². The second kappa shape index (κ2) is 8.02. The molecule has 9 heteroatoms. The molecule has 0 aliphatic carbocycles. The number of hydrogen-bond acceptors (Lipinski definition) is 5. The fraction of sp³-hybridized carbons (Fsp3) is 0.588. The number of H-pyrrole nitrogens is 1. The third-order valence-corrected chi connectivity index (χ3v) is 6.04. The van der Waals surface area contributed by atoms with Crippen molar-refractivity contribution in [2.24, 2.45) is 0 Å². The maximum atomic E-state index is 13.0. The zero-order chi connectivity index (χ0) is 17.4. The molecule has 2 aromatic rings. The summed E-state index contributed by atoms with van der Waals surface area (Å²) in [7, 11) is 0. The molecule has 0 saturated carbocycles. The molecule has 4 heterocycles.